The molecule has 18 heteroatoms. The van der Waals surface area contributed by atoms with Gasteiger partial charge in [0.15, 0.2) is 28.7 Å². The second kappa shape index (κ2) is 17.5. The zero-order valence-electron chi connectivity index (χ0n) is 31.5. The van der Waals surface area contributed by atoms with Crippen molar-refractivity contribution in [2.45, 2.75) is 19.9 Å². The standard InChI is InChI=1S/C36H46N4O12S2/c1-9-51-35-31(47-5)15-24(16-32(35)48-6)29-13-11-26(19-37-29)39(3)21-28(22-53(41,42)43)40(4,23-54(44,45)46)27-12-14-30(38-20-27)25-17-33(49-7)36(52-10-2)34(18-25)50-8/h11-20,28H,9-10,21-23H2,1-8H3,(H-,41,42,43,44,45,46)/p+1. The first-order chi connectivity index (χ1) is 25.5. The summed E-state index contributed by atoms with van der Waals surface area (Å²) in [7, 11) is -0.246. The summed E-state index contributed by atoms with van der Waals surface area (Å²) >= 11 is 0. The highest BCUT2D eigenvalue weighted by molar-refractivity contribution is 7.86. The van der Waals surface area contributed by atoms with E-state index in [0.717, 1.165) is 0 Å². The summed E-state index contributed by atoms with van der Waals surface area (Å²) < 4.78 is 103. The molecule has 2 atom stereocenters. The molecule has 294 valence electrons. The molecule has 54 heavy (non-hydrogen) atoms. The number of benzene rings is 2. The van der Waals surface area contributed by atoms with E-state index in [2.05, 4.69) is 9.97 Å². The minimum absolute atomic E-state index is 0.105. The molecule has 2 heterocycles. The molecule has 0 saturated carbocycles. The summed E-state index contributed by atoms with van der Waals surface area (Å²) in [5.41, 5.74) is 3.09. The van der Waals surface area contributed by atoms with Crippen LogP contribution in [-0.4, -0.2) is 116 Å². The zero-order valence-corrected chi connectivity index (χ0v) is 33.1. The number of methoxy groups -OCH3 is 4. The van der Waals surface area contributed by atoms with Crippen molar-refractivity contribution >= 4 is 31.6 Å². The Morgan fingerprint density at radius 2 is 1.15 bits per heavy atom. The minimum Gasteiger partial charge on any atom is -0.493 e. The fraction of sp³-hybridized carbons (Fsp3) is 0.389. The quantitative estimate of drug-likeness (QED) is 0.0970. The Hall–Kier alpha value is -4.88. The highest BCUT2D eigenvalue weighted by atomic mass is 32.2. The number of quaternary nitrogens is 1. The molecule has 2 aromatic heterocycles. The summed E-state index contributed by atoms with van der Waals surface area (Å²) in [4.78, 5) is 10.8. The molecule has 4 rings (SSSR count). The Morgan fingerprint density at radius 1 is 0.704 bits per heavy atom. The van der Waals surface area contributed by atoms with Crippen molar-refractivity contribution in [2.75, 3.05) is 78.8 Å². The highest BCUT2D eigenvalue weighted by Gasteiger charge is 2.42. The average molecular weight is 792 g/mol. The molecular formula is C36H47N4O12S2+. The van der Waals surface area contributed by atoms with E-state index in [1.807, 2.05) is 13.8 Å². The first-order valence-corrected chi connectivity index (χ1v) is 19.9. The maximum absolute atomic E-state index is 12.5. The summed E-state index contributed by atoms with van der Waals surface area (Å²) in [5.74, 6) is 0.822. The number of ether oxygens (including phenoxy) is 6. The van der Waals surface area contributed by atoms with Gasteiger partial charge < -0.3 is 33.3 Å². The Bertz CT molecular complexity index is 2070. The van der Waals surface area contributed by atoms with Gasteiger partial charge in [-0.2, -0.15) is 16.8 Å². The van der Waals surface area contributed by atoms with E-state index in [4.69, 9.17) is 28.4 Å². The predicted octanol–water partition coefficient (Wildman–Crippen LogP) is 4.82. The van der Waals surface area contributed by atoms with Gasteiger partial charge in [-0.15, -0.1) is 0 Å². The van der Waals surface area contributed by atoms with Gasteiger partial charge in [0.2, 0.25) is 17.4 Å². The molecule has 0 bridgehead atoms. The molecule has 0 aliphatic carbocycles. The number of nitrogens with zero attached hydrogens (tertiary/aromatic N) is 4. The van der Waals surface area contributed by atoms with E-state index in [1.165, 1.54) is 41.7 Å². The number of aromatic nitrogens is 2. The Labute approximate surface area is 316 Å². The lowest BCUT2D eigenvalue weighted by Gasteiger charge is -2.41. The van der Waals surface area contributed by atoms with Crippen LogP contribution in [0.25, 0.3) is 22.5 Å². The van der Waals surface area contributed by atoms with E-state index >= 15 is 0 Å². The molecule has 2 unspecified atom stereocenters. The predicted molar refractivity (Wildman–Crippen MR) is 205 cm³/mol. The van der Waals surface area contributed by atoms with E-state index < -0.39 is 42.4 Å². The average Bonchev–Trinajstić information content (AvgIpc) is 3.13. The molecule has 0 fully saturated rings. The monoisotopic (exact) mass is 791 g/mol. The van der Waals surface area contributed by atoms with Gasteiger partial charge in [0, 0.05) is 24.2 Å². The van der Waals surface area contributed by atoms with Crippen LogP contribution >= 0.6 is 0 Å². The van der Waals surface area contributed by atoms with Gasteiger partial charge in [0.1, 0.15) is 11.8 Å². The first-order valence-electron chi connectivity index (χ1n) is 16.7. The number of hydrogen-bond acceptors (Lipinski definition) is 13. The van der Waals surface area contributed by atoms with Crippen LogP contribution in [0, 0.1) is 0 Å². The molecule has 0 saturated heterocycles. The number of hydrogen-bond donors (Lipinski definition) is 2. The lowest BCUT2D eigenvalue weighted by Crippen LogP contribution is -2.62. The summed E-state index contributed by atoms with van der Waals surface area (Å²) in [6.07, 6.45) is 2.96. The lowest BCUT2D eigenvalue weighted by molar-refractivity contribution is 0.283. The zero-order chi connectivity index (χ0) is 39.8. The van der Waals surface area contributed by atoms with Gasteiger partial charge in [-0.05, 0) is 56.3 Å². The van der Waals surface area contributed by atoms with E-state index in [1.54, 1.807) is 66.7 Å². The number of anilines is 1. The van der Waals surface area contributed by atoms with Gasteiger partial charge in [-0.1, -0.05) is 0 Å². The van der Waals surface area contributed by atoms with Gasteiger partial charge in [-0.25, -0.2) is 0 Å². The molecule has 0 amide bonds. The molecule has 0 aliphatic rings. The summed E-state index contributed by atoms with van der Waals surface area (Å²) in [6, 6.07) is 12.5. The molecular weight excluding hydrogens is 745 g/mol. The van der Waals surface area contributed by atoms with E-state index in [0.29, 0.717) is 75.9 Å². The van der Waals surface area contributed by atoms with Crippen molar-refractivity contribution in [3.63, 3.8) is 0 Å². The lowest BCUT2D eigenvalue weighted by atomic mass is 10.1. The van der Waals surface area contributed by atoms with Gasteiger partial charge in [-0.3, -0.25) is 23.6 Å². The van der Waals surface area contributed by atoms with Crippen LogP contribution in [0.1, 0.15) is 13.8 Å². The van der Waals surface area contributed by atoms with Gasteiger partial charge in [0.25, 0.3) is 10.1 Å². The third kappa shape index (κ3) is 10.00. The maximum atomic E-state index is 12.5. The van der Waals surface area contributed by atoms with Crippen LogP contribution in [0.3, 0.4) is 0 Å². The first kappa shape index (κ1) is 41.9. The van der Waals surface area contributed by atoms with Crippen molar-refractivity contribution in [1.29, 1.82) is 0 Å². The number of rotatable bonds is 19. The Balaban J connectivity index is 1.72. The van der Waals surface area contributed by atoms with Crippen LogP contribution < -0.4 is 37.8 Å². The second-order valence-electron chi connectivity index (χ2n) is 12.4. The van der Waals surface area contributed by atoms with Crippen LogP contribution in [0.2, 0.25) is 0 Å². The third-order valence-electron chi connectivity index (χ3n) is 8.74. The van der Waals surface area contributed by atoms with E-state index in [-0.39, 0.29) is 12.2 Å². The largest absolute Gasteiger partial charge is 0.493 e. The molecule has 4 aromatic rings. The summed E-state index contributed by atoms with van der Waals surface area (Å²) in [6.45, 7) is 4.35. The van der Waals surface area contributed by atoms with Crippen LogP contribution in [0.5, 0.6) is 34.5 Å². The van der Waals surface area contributed by atoms with Gasteiger partial charge in [0.05, 0.1) is 84.7 Å². The topological polar surface area (TPSA) is 193 Å². The number of likely N-dealkylation sites (N-methyl/N-ethyl adjacent to an activating group) is 2. The third-order valence-corrected chi connectivity index (χ3v) is 10.4. The Morgan fingerprint density at radius 3 is 1.48 bits per heavy atom. The smallest absolute Gasteiger partial charge is 0.316 e. The molecule has 0 aliphatic heterocycles. The number of pyridine rings is 2. The molecule has 16 nitrogen and oxygen atoms in total. The highest BCUT2D eigenvalue weighted by Crippen LogP contribution is 2.43. The van der Waals surface area contributed by atoms with Crippen molar-refractivity contribution < 1.29 is 54.4 Å². The maximum Gasteiger partial charge on any atom is 0.316 e. The van der Waals surface area contributed by atoms with E-state index in [9.17, 15) is 25.9 Å². The molecule has 0 spiro atoms. The second-order valence-corrected chi connectivity index (χ2v) is 15.3. The SMILES string of the molecule is CCOc1c(OC)cc(-c2ccc(N(C)CC(CS(=O)(=O)O)[N+](C)(CS(=O)(=O)O)c3ccc(-c4cc(OC)c(OCC)c(OC)c4)nc3)cn2)cc1OC. The van der Waals surface area contributed by atoms with Crippen molar-refractivity contribution in [1.82, 2.24) is 14.5 Å². The van der Waals surface area contributed by atoms with Crippen molar-refractivity contribution in [2.24, 2.45) is 0 Å². The summed E-state index contributed by atoms with van der Waals surface area (Å²) in [5, 5.41) is 0. The van der Waals surface area contributed by atoms with Crippen molar-refractivity contribution in [3.05, 3.63) is 60.9 Å². The Kier molecular flexibility index (Phi) is 13.6. The molecule has 2 N–H and O–H groups in total. The van der Waals surface area contributed by atoms with Gasteiger partial charge >= 0.3 is 10.1 Å². The van der Waals surface area contributed by atoms with Crippen molar-refractivity contribution in [3.8, 4) is 57.0 Å². The minimum atomic E-state index is -4.72. The van der Waals surface area contributed by atoms with Crippen LogP contribution in [-0.2, 0) is 20.2 Å². The van der Waals surface area contributed by atoms with Crippen LogP contribution in [0.15, 0.2) is 60.9 Å². The molecule has 0 radical (unpaired) electrons. The normalized spacial score (nSPS) is 13.4. The fourth-order valence-corrected chi connectivity index (χ4v) is 8.02. The fourth-order valence-electron chi connectivity index (χ4n) is 6.06. The molecule has 2 aromatic carbocycles. The van der Waals surface area contributed by atoms with Crippen LogP contribution in [0.4, 0.5) is 11.4 Å².